The zero-order valence-electron chi connectivity index (χ0n) is 19.8. The second kappa shape index (κ2) is 9.82. The fraction of sp³-hybridized carbons (Fsp3) is 0.500. The molecule has 8 heteroatoms. The minimum atomic E-state index is -4.37. The van der Waals surface area contributed by atoms with Crippen molar-refractivity contribution in [3.05, 3.63) is 48.0 Å². The van der Waals surface area contributed by atoms with Gasteiger partial charge in [-0.2, -0.15) is 13.2 Å². The van der Waals surface area contributed by atoms with Crippen molar-refractivity contribution in [2.24, 2.45) is 5.92 Å². The lowest BCUT2D eigenvalue weighted by Crippen LogP contribution is -2.39. The second-order valence-corrected chi connectivity index (χ2v) is 11.0. The highest BCUT2D eigenvalue weighted by Gasteiger charge is 2.33. The third-order valence-corrected chi connectivity index (χ3v) is 7.27. The minimum absolute atomic E-state index is 0.0610. The summed E-state index contributed by atoms with van der Waals surface area (Å²) in [5.41, 5.74) is 0.463. The quantitative estimate of drug-likeness (QED) is 0.431. The van der Waals surface area contributed by atoms with Gasteiger partial charge in [-0.05, 0) is 90.0 Å². The monoisotopic (exact) mass is 492 g/mol. The maximum atomic E-state index is 13.4. The highest BCUT2D eigenvalue weighted by molar-refractivity contribution is 7.99. The normalized spacial score (nSPS) is 17.3. The molecule has 0 aromatic heterocycles. The van der Waals surface area contributed by atoms with Crippen LogP contribution in [0, 0.1) is 5.92 Å². The smallest absolute Gasteiger partial charge is 0.416 e. The molecule has 2 heterocycles. The van der Waals surface area contributed by atoms with Gasteiger partial charge in [0, 0.05) is 16.3 Å². The van der Waals surface area contributed by atoms with Crippen LogP contribution in [0.25, 0.3) is 0 Å². The Morgan fingerprint density at radius 3 is 2.35 bits per heavy atom. The number of carbonyl (C=O) groups is 1. The van der Waals surface area contributed by atoms with Crippen LogP contribution in [0.15, 0.2) is 52.3 Å². The summed E-state index contributed by atoms with van der Waals surface area (Å²) in [6, 6.07) is 11.9. The Kier molecular flexibility index (Phi) is 7.20. The molecular weight excluding hydrogens is 461 g/mol. The number of hydrogen-bond acceptors (Lipinski definition) is 5. The molecule has 2 aromatic carbocycles. The van der Waals surface area contributed by atoms with Gasteiger partial charge in [-0.15, -0.1) is 0 Å². The Hall–Kier alpha value is -2.19. The van der Waals surface area contributed by atoms with Gasteiger partial charge in [0.25, 0.3) is 0 Å². The number of ether oxygens (including phenoxy) is 1. The molecule has 1 fully saturated rings. The number of rotatable bonds is 5. The number of anilines is 2. The number of halogens is 3. The molecule has 0 spiro atoms. The molecule has 0 bridgehead atoms. The van der Waals surface area contributed by atoms with Crippen LogP contribution in [0.2, 0.25) is 0 Å². The van der Waals surface area contributed by atoms with E-state index >= 15 is 0 Å². The molecule has 0 saturated carbocycles. The molecule has 34 heavy (non-hydrogen) atoms. The van der Waals surface area contributed by atoms with Crippen LogP contribution >= 0.6 is 11.8 Å². The molecule has 0 amide bonds. The number of benzene rings is 2. The van der Waals surface area contributed by atoms with Gasteiger partial charge in [-0.1, -0.05) is 23.9 Å². The van der Waals surface area contributed by atoms with Crippen LogP contribution in [0.4, 0.5) is 24.5 Å². The largest absolute Gasteiger partial charge is 0.460 e. The molecule has 0 unspecified atom stereocenters. The first-order valence-corrected chi connectivity index (χ1v) is 12.5. The lowest BCUT2D eigenvalue weighted by Gasteiger charge is -2.35. The van der Waals surface area contributed by atoms with Crippen molar-refractivity contribution in [2.75, 3.05) is 31.1 Å². The van der Waals surface area contributed by atoms with E-state index in [1.165, 1.54) is 17.8 Å². The molecule has 4 nitrogen and oxygen atoms in total. The van der Waals surface area contributed by atoms with Gasteiger partial charge in [0.1, 0.15) is 5.60 Å². The van der Waals surface area contributed by atoms with Gasteiger partial charge in [-0.3, -0.25) is 4.79 Å². The van der Waals surface area contributed by atoms with E-state index in [0.717, 1.165) is 60.4 Å². The Morgan fingerprint density at radius 2 is 1.68 bits per heavy atom. The van der Waals surface area contributed by atoms with Crippen LogP contribution in [0.3, 0.4) is 0 Å². The number of fused-ring (bicyclic) bond motifs is 2. The number of alkyl halides is 3. The number of carbonyl (C=O) groups excluding carboxylic acids is 1. The number of piperidine rings is 1. The average Bonchev–Trinajstić information content (AvgIpc) is 2.77. The highest BCUT2D eigenvalue weighted by atomic mass is 32.2. The molecular formula is C26H31F3N2O2S. The third kappa shape index (κ3) is 5.89. The van der Waals surface area contributed by atoms with Crippen LogP contribution in [0.5, 0.6) is 0 Å². The number of nitrogens with zero attached hydrogens (tertiary/aromatic N) is 2. The highest BCUT2D eigenvalue weighted by Crippen LogP contribution is 2.49. The van der Waals surface area contributed by atoms with Gasteiger partial charge in [0.2, 0.25) is 0 Å². The van der Waals surface area contributed by atoms with Crippen LogP contribution in [0.1, 0.15) is 45.6 Å². The Morgan fingerprint density at radius 1 is 1.00 bits per heavy atom. The Bertz CT molecular complexity index is 1030. The van der Waals surface area contributed by atoms with E-state index in [0.29, 0.717) is 12.2 Å². The van der Waals surface area contributed by atoms with E-state index in [2.05, 4.69) is 4.90 Å². The SMILES string of the molecule is CC(C)(C)OC(=O)C1CCN(CCCN2c3ccccc3Sc3ccc(C(F)(F)F)cc32)CC1. The molecule has 4 rings (SSSR count). The van der Waals surface area contributed by atoms with Gasteiger partial charge in [0.15, 0.2) is 0 Å². The maximum Gasteiger partial charge on any atom is 0.416 e. The summed E-state index contributed by atoms with van der Waals surface area (Å²) in [4.78, 5) is 18.6. The number of hydrogen-bond donors (Lipinski definition) is 0. The topological polar surface area (TPSA) is 32.8 Å². The summed E-state index contributed by atoms with van der Waals surface area (Å²) in [5.74, 6) is -0.180. The van der Waals surface area contributed by atoms with Crippen LogP contribution in [-0.2, 0) is 15.7 Å². The molecule has 0 atom stereocenters. The lowest BCUT2D eigenvalue weighted by atomic mass is 9.96. The summed E-state index contributed by atoms with van der Waals surface area (Å²) in [6.45, 7) is 8.75. The van der Waals surface area contributed by atoms with E-state index in [1.54, 1.807) is 6.07 Å². The number of esters is 1. The van der Waals surface area contributed by atoms with Gasteiger partial charge < -0.3 is 14.5 Å². The van der Waals surface area contributed by atoms with Crippen molar-refractivity contribution in [3.63, 3.8) is 0 Å². The van der Waals surface area contributed by atoms with Crippen molar-refractivity contribution in [1.82, 2.24) is 4.90 Å². The van der Waals surface area contributed by atoms with E-state index in [1.807, 2.05) is 49.9 Å². The molecule has 2 aliphatic heterocycles. The minimum Gasteiger partial charge on any atom is -0.460 e. The molecule has 1 saturated heterocycles. The summed E-state index contributed by atoms with van der Waals surface area (Å²) in [6.07, 6.45) is -2.02. The zero-order valence-corrected chi connectivity index (χ0v) is 20.6. The molecule has 0 N–H and O–H groups in total. The van der Waals surface area contributed by atoms with Crippen LogP contribution in [-0.4, -0.2) is 42.6 Å². The first-order chi connectivity index (χ1) is 16.0. The lowest BCUT2D eigenvalue weighted by molar-refractivity contribution is -0.161. The number of likely N-dealkylation sites (tertiary alicyclic amines) is 1. The van der Waals surface area contributed by atoms with Gasteiger partial charge >= 0.3 is 12.1 Å². The van der Waals surface area contributed by atoms with Gasteiger partial charge in [-0.25, -0.2) is 0 Å². The Balaban J connectivity index is 1.39. The molecule has 0 radical (unpaired) electrons. The summed E-state index contributed by atoms with van der Waals surface area (Å²) < 4.78 is 45.7. The predicted molar refractivity (Wildman–Crippen MR) is 129 cm³/mol. The predicted octanol–water partition coefficient (Wildman–Crippen LogP) is 6.75. The first-order valence-electron chi connectivity index (χ1n) is 11.7. The molecule has 184 valence electrons. The van der Waals surface area contributed by atoms with Gasteiger partial charge in [0.05, 0.1) is 22.9 Å². The average molecular weight is 493 g/mol. The van der Waals surface area contributed by atoms with Crippen molar-refractivity contribution in [2.45, 2.75) is 61.6 Å². The van der Waals surface area contributed by atoms with Crippen molar-refractivity contribution < 1.29 is 22.7 Å². The molecule has 2 aliphatic rings. The summed E-state index contributed by atoms with van der Waals surface area (Å²) >= 11 is 1.51. The van der Waals surface area contributed by atoms with Crippen LogP contribution < -0.4 is 4.90 Å². The molecule has 2 aromatic rings. The third-order valence-electron chi connectivity index (χ3n) is 6.14. The summed E-state index contributed by atoms with van der Waals surface area (Å²) in [7, 11) is 0. The second-order valence-electron chi connectivity index (χ2n) is 9.90. The van der Waals surface area contributed by atoms with E-state index < -0.39 is 17.3 Å². The van der Waals surface area contributed by atoms with Crippen molar-refractivity contribution in [1.29, 1.82) is 0 Å². The number of para-hydroxylation sites is 1. The van der Waals surface area contributed by atoms with E-state index in [9.17, 15) is 18.0 Å². The van der Waals surface area contributed by atoms with E-state index in [4.69, 9.17) is 4.74 Å². The van der Waals surface area contributed by atoms with Crippen molar-refractivity contribution >= 4 is 29.1 Å². The van der Waals surface area contributed by atoms with E-state index in [-0.39, 0.29) is 11.9 Å². The fourth-order valence-corrected chi connectivity index (χ4v) is 5.55. The zero-order chi connectivity index (χ0) is 24.5. The van der Waals surface area contributed by atoms with Crippen molar-refractivity contribution in [3.8, 4) is 0 Å². The standard InChI is InChI=1S/C26H31F3N2O2S/c1-25(2,3)33-24(32)18-11-15-30(16-12-18)13-6-14-31-20-7-4-5-8-22(20)34-23-10-9-19(17-21(23)31)26(27,28)29/h4-5,7-10,17-18H,6,11-16H2,1-3H3. The first kappa shape index (κ1) is 24.9. The Labute approximate surface area is 203 Å². The summed E-state index contributed by atoms with van der Waals surface area (Å²) in [5, 5.41) is 0. The fourth-order valence-electron chi connectivity index (χ4n) is 4.48. The molecule has 0 aliphatic carbocycles. The maximum absolute atomic E-state index is 13.4.